The van der Waals surface area contributed by atoms with E-state index in [1.165, 1.54) is 23.5 Å². The standard InChI is InChI=1S/C16H19N3O2S/c1-10(19(2)3)11-5-7-12(8-6-11)14-13(15(20)21)9-17-16(18-14)22-4/h5-10H,1-4H3,(H,20,21). The average Bonchev–Trinajstić information content (AvgIpc) is 2.53. The Morgan fingerprint density at radius 1 is 1.27 bits per heavy atom. The molecule has 5 nitrogen and oxygen atoms in total. The number of hydrogen-bond acceptors (Lipinski definition) is 5. The van der Waals surface area contributed by atoms with E-state index in [1.54, 1.807) is 0 Å². The third kappa shape index (κ3) is 3.45. The number of carbonyl (C=O) groups is 1. The van der Waals surface area contributed by atoms with Crippen LogP contribution in [0.2, 0.25) is 0 Å². The number of nitrogens with zero attached hydrogens (tertiary/aromatic N) is 3. The van der Waals surface area contributed by atoms with Gasteiger partial charge in [-0.05, 0) is 32.8 Å². The number of carboxylic acid groups (broad SMARTS) is 1. The maximum atomic E-state index is 11.4. The Balaban J connectivity index is 2.45. The van der Waals surface area contributed by atoms with Crippen LogP contribution in [-0.4, -0.2) is 46.3 Å². The molecule has 2 rings (SSSR count). The lowest BCUT2D eigenvalue weighted by atomic mass is 10.0. The molecule has 0 aliphatic carbocycles. The summed E-state index contributed by atoms with van der Waals surface area (Å²) in [5, 5.41) is 9.87. The van der Waals surface area contributed by atoms with Crippen LogP contribution in [0.5, 0.6) is 0 Å². The second-order valence-electron chi connectivity index (χ2n) is 5.19. The van der Waals surface area contributed by atoms with E-state index in [0.29, 0.717) is 16.9 Å². The number of rotatable bonds is 5. The Labute approximate surface area is 134 Å². The molecule has 1 unspecified atom stereocenters. The van der Waals surface area contributed by atoms with Crippen LogP contribution in [0.1, 0.15) is 28.9 Å². The van der Waals surface area contributed by atoms with Crippen LogP contribution in [0.15, 0.2) is 35.6 Å². The molecule has 0 saturated carbocycles. The van der Waals surface area contributed by atoms with E-state index in [9.17, 15) is 9.90 Å². The molecule has 1 aromatic heterocycles. The van der Waals surface area contributed by atoms with Crippen molar-refractivity contribution in [1.29, 1.82) is 0 Å². The molecule has 0 aliphatic rings. The van der Waals surface area contributed by atoms with E-state index in [0.717, 1.165) is 5.56 Å². The number of benzene rings is 1. The molecule has 1 atom stereocenters. The SMILES string of the molecule is CSc1ncc(C(=O)O)c(-c2ccc(C(C)N(C)C)cc2)n1. The molecular weight excluding hydrogens is 298 g/mol. The van der Waals surface area contributed by atoms with Crippen molar-refractivity contribution in [2.24, 2.45) is 0 Å². The summed E-state index contributed by atoms with van der Waals surface area (Å²) in [7, 11) is 4.05. The number of thioether (sulfide) groups is 1. The average molecular weight is 317 g/mol. The molecule has 116 valence electrons. The summed E-state index contributed by atoms with van der Waals surface area (Å²) in [5.74, 6) is -1.02. The van der Waals surface area contributed by atoms with Gasteiger partial charge < -0.3 is 10.0 Å². The molecule has 22 heavy (non-hydrogen) atoms. The van der Waals surface area contributed by atoms with E-state index < -0.39 is 5.97 Å². The lowest BCUT2D eigenvalue weighted by Crippen LogP contribution is -2.16. The zero-order valence-corrected chi connectivity index (χ0v) is 13.9. The second-order valence-corrected chi connectivity index (χ2v) is 5.96. The van der Waals surface area contributed by atoms with Gasteiger partial charge in [0.25, 0.3) is 0 Å². The second kappa shape index (κ2) is 6.89. The molecule has 0 saturated heterocycles. The van der Waals surface area contributed by atoms with Crippen molar-refractivity contribution >= 4 is 17.7 Å². The highest BCUT2D eigenvalue weighted by Gasteiger charge is 2.16. The highest BCUT2D eigenvalue weighted by molar-refractivity contribution is 7.98. The smallest absolute Gasteiger partial charge is 0.339 e. The third-order valence-corrected chi connectivity index (χ3v) is 4.18. The highest BCUT2D eigenvalue weighted by Crippen LogP contribution is 2.26. The van der Waals surface area contributed by atoms with Crippen LogP contribution >= 0.6 is 11.8 Å². The summed E-state index contributed by atoms with van der Waals surface area (Å²) in [5.41, 5.74) is 2.52. The predicted octanol–water partition coefficient (Wildman–Crippen LogP) is 3.19. The molecule has 1 N–H and O–H groups in total. The molecule has 0 amide bonds. The molecular formula is C16H19N3O2S. The minimum absolute atomic E-state index is 0.117. The van der Waals surface area contributed by atoms with E-state index in [1.807, 2.05) is 44.6 Å². The molecule has 6 heteroatoms. The zero-order chi connectivity index (χ0) is 16.3. The Hall–Kier alpha value is -1.92. The van der Waals surface area contributed by atoms with E-state index in [-0.39, 0.29) is 5.56 Å². The summed E-state index contributed by atoms with van der Waals surface area (Å²) < 4.78 is 0. The van der Waals surface area contributed by atoms with Crippen LogP contribution < -0.4 is 0 Å². The lowest BCUT2D eigenvalue weighted by molar-refractivity contribution is 0.0696. The van der Waals surface area contributed by atoms with Gasteiger partial charge in [0.15, 0.2) is 5.16 Å². The first-order valence-corrected chi connectivity index (χ1v) is 8.07. The largest absolute Gasteiger partial charge is 0.478 e. The van der Waals surface area contributed by atoms with Crippen molar-refractivity contribution in [3.63, 3.8) is 0 Å². The third-order valence-electron chi connectivity index (χ3n) is 3.62. The van der Waals surface area contributed by atoms with Crippen LogP contribution in [-0.2, 0) is 0 Å². The topological polar surface area (TPSA) is 66.3 Å². The lowest BCUT2D eigenvalue weighted by Gasteiger charge is -2.20. The van der Waals surface area contributed by atoms with Crippen LogP contribution in [0, 0.1) is 0 Å². The quantitative estimate of drug-likeness (QED) is 0.675. The van der Waals surface area contributed by atoms with Gasteiger partial charge in [-0.1, -0.05) is 36.0 Å². The van der Waals surface area contributed by atoms with Crippen LogP contribution in [0.3, 0.4) is 0 Å². The van der Waals surface area contributed by atoms with Crippen molar-refractivity contribution in [2.75, 3.05) is 20.4 Å². The summed E-state index contributed by atoms with van der Waals surface area (Å²) in [6.45, 7) is 2.12. The molecule has 0 bridgehead atoms. The first-order chi connectivity index (χ1) is 10.4. The molecule has 0 fully saturated rings. The van der Waals surface area contributed by atoms with Gasteiger partial charge >= 0.3 is 5.97 Å². The van der Waals surface area contributed by atoms with E-state index >= 15 is 0 Å². The number of aromatic carboxylic acids is 1. The van der Waals surface area contributed by atoms with Gasteiger partial charge in [0.05, 0.1) is 5.69 Å². The van der Waals surface area contributed by atoms with Crippen LogP contribution in [0.4, 0.5) is 0 Å². The molecule has 0 spiro atoms. The van der Waals surface area contributed by atoms with Gasteiger partial charge in [0, 0.05) is 17.8 Å². The molecule has 1 heterocycles. The molecule has 2 aromatic rings. The molecule has 0 radical (unpaired) electrons. The first kappa shape index (κ1) is 16.5. The summed E-state index contributed by atoms with van der Waals surface area (Å²) in [6.07, 6.45) is 3.23. The Morgan fingerprint density at radius 3 is 2.41 bits per heavy atom. The molecule has 1 aromatic carbocycles. The van der Waals surface area contributed by atoms with Crippen molar-refractivity contribution in [3.05, 3.63) is 41.6 Å². The van der Waals surface area contributed by atoms with E-state index in [4.69, 9.17) is 0 Å². The Bertz CT molecular complexity index is 672. The normalized spacial score (nSPS) is 12.4. The van der Waals surface area contributed by atoms with E-state index in [2.05, 4.69) is 21.8 Å². The number of carboxylic acids is 1. The van der Waals surface area contributed by atoms with Gasteiger partial charge in [0.1, 0.15) is 5.56 Å². The Morgan fingerprint density at radius 2 is 1.91 bits per heavy atom. The van der Waals surface area contributed by atoms with Crippen LogP contribution in [0.25, 0.3) is 11.3 Å². The monoisotopic (exact) mass is 317 g/mol. The minimum atomic E-state index is -1.02. The van der Waals surface area contributed by atoms with Crippen molar-refractivity contribution < 1.29 is 9.90 Å². The Kier molecular flexibility index (Phi) is 5.15. The first-order valence-electron chi connectivity index (χ1n) is 6.85. The number of hydrogen-bond donors (Lipinski definition) is 1. The van der Waals surface area contributed by atoms with Gasteiger partial charge in [-0.25, -0.2) is 14.8 Å². The number of aromatic nitrogens is 2. The van der Waals surface area contributed by atoms with Gasteiger partial charge in [0.2, 0.25) is 0 Å². The van der Waals surface area contributed by atoms with Crippen molar-refractivity contribution in [3.8, 4) is 11.3 Å². The van der Waals surface area contributed by atoms with Gasteiger partial charge in [-0.15, -0.1) is 0 Å². The van der Waals surface area contributed by atoms with Gasteiger partial charge in [-0.3, -0.25) is 0 Å². The fourth-order valence-corrected chi connectivity index (χ4v) is 2.40. The predicted molar refractivity (Wildman–Crippen MR) is 88.3 cm³/mol. The summed E-state index contributed by atoms with van der Waals surface area (Å²) in [6, 6.07) is 8.13. The summed E-state index contributed by atoms with van der Waals surface area (Å²) >= 11 is 1.39. The maximum Gasteiger partial charge on any atom is 0.339 e. The highest BCUT2D eigenvalue weighted by atomic mass is 32.2. The van der Waals surface area contributed by atoms with Crippen molar-refractivity contribution in [1.82, 2.24) is 14.9 Å². The fraction of sp³-hybridized carbons (Fsp3) is 0.312. The fourth-order valence-electron chi connectivity index (χ4n) is 2.06. The minimum Gasteiger partial charge on any atom is -0.478 e. The maximum absolute atomic E-state index is 11.4. The van der Waals surface area contributed by atoms with Gasteiger partial charge in [-0.2, -0.15) is 0 Å². The summed E-state index contributed by atoms with van der Waals surface area (Å²) in [4.78, 5) is 21.9. The molecule has 0 aliphatic heterocycles. The van der Waals surface area contributed by atoms with Crippen molar-refractivity contribution in [2.45, 2.75) is 18.1 Å². The zero-order valence-electron chi connectivity index (χ0n) is 13.1.